The van der Waals surface area contributed by atoms with Crippen LogP contribution in [-0.2, 0) is 24.2 Å². The van der Waals surface area contributed by atoms with Gasteiger partial charge in [0, 0.05) is 12.6 Å². The molecule has 130 valence electrons. The van der Waals surface area contributed by atoms with E-state index >= 15 is 0 Å². The highest BCUT2D eigenvalue weighted by molar-refractivity contribution is 5.91. The average Bonchev–Trinajstić information content (AvgIpc) is 3.45. The van der Waals surface area contributed by atoms with Crippen LogP contribution in [0.1, 0.15) is 46.8 Å². The first kappa shape index (κ1) is 17.2. The molecule has 25 heavy (non-hydrogen) atoms. The van der Waals surface area contributed by atoms with Crippen LogP contribution in [0.2, 0.25) is 0 Å². The van der Waals surface area contributed by atoms with Crippen LogP contribution in [0.4, 0.5) is 0 Å². The zero-order chi connectivity index (χ0) is 17.8. The Hall–Kier alpha value is -2.62. The van der Waals surface area contributed by atoms with Gasteiger partial charge in [-0.3, -0.25) is 4.79 Å². The second kappa shape index (κ2) is 7.51. The fourth-order valence-electron chi connectivity index (χ4n) is 3.03. The lowest BCUT2D eigenvalue weighted by Crippen LogP contribution is -2.34. The van der Waals surface area contributed by atoms with Gasteiger partial charge in [0.15, 0.2) is 0 Å². The molecule has 0 spiro atoms. The van der Waals surface area contributed by atoms with Gasteiger partial charge >= 0.3 is 5.97 Å². The van der Waals surface area contributed by atoms with E-state index in [0.29, 0.717) is 12.1 Å². The molecule has 4 heteroatoms. The van der Waals surface area contributed by atoms with Crippen LogP contribution in [0.25, 0.3) is 0 Å². The molecule has 1 aliphatic rings. The lowest BCUT2D eigenvalue weighted by Gasteiger charge is -2.23. The third-order valence-corrected chi connectivity index (χ3v) is 4.68. The summed E-state index contributed by atoms with van der Waals surface area (Å²) in [6.07, 6.45) is 3.18. The summed E-state index contributed by atoms with van der Waals surface area (Å²) in [4.78, 5) is 26.1. The maximum atomic E-state index is 12.8. The summed E-state index contributed by atoms with van der Waals surface area (Å²) in [6.45, 7) is 2.71. The highest BCUT2D eigenvalue weighted by Gasteiger charge is 2.32. The molecule has 0 heterocycles. The van der Waals surface area contributed by atoms with Gasteiger partial charge in [0.05, 0.1) is 12.0 Å². The number of hydrogen-bond acceptors (Lipinski definition) is 2. The number of rotatable bonds is 7. The van der Waals surface area contributed by atoms with E-state index in [0.717, 1.165) is 24.8 Å². The van der Waals surface area contributed by atoms with Crippen LogP contribution >= 0.6 is 0 Å². The first-order chi connectivity index (χ1) is 12.1. The number of aryl methyl sites for hydroxylation is 1. The first-order valence-electron chi connectivity index (χ1n) is 8.77. The van der Waals surface area contributed by atoms with Crippen molar-refractivity contribution >= 4 is 11.9 Å². The van der Waals surface area contributed by atoms with E-state index in [4.69, 9.17) is 0 Å². The molecule has 1 saturated carbocycles. The second-order valence-electron chi connectivity index (χ2n) is 6.56. The van der Waals surface area contributed by atoms with Crippen molar-refractivity contribution < 1.29 is 14.7 Å². The van der Waals surface area contributed by atoms with Crippen LogP contribution < -0.4 is 0 Å². The van der Waals surface area contributed by atoms with Crippen molar-refractivity contribution in [2.75, 3.05) is 0 Å². The Bertz CT molecular complexity index is 763. The van der Waals surface area contributed by atoms with Gasteiger partial charge in [0.1, 0.15) is 0 Å². The number of carbonyl (C=O) groups is 2. The Morgan fingerprint density at radius 1 is 1.04 bits per heavy atom. The predicted octanol–water partition coefficient (Wildman–Crippen LogP) is 3.68. The minimum absolute atomic E-state index is 0.00392. The summed E-state index contributed by atoms with van der Waals surface area (Å²) in [5, 5.41) is 9.30. The Balaban J connectivity index is 1.74. The summed E-state index contributed by atoms with van der Waals surface area (Å²) in [6, 6.07) is 15.4. The largest absolute Gasteiger partial charge is 0.478 e. The van der Waals surface area contributed by atoms with E-state index < -0.39 is 5.97 Å². The van der Waals surface area contributed by atoms with Crippen molar-refractivity contribution in [3.05, 3.63) is 70.8 Å². The summed E-state index contributed by atoms with van der Waals surface area (Å²) in [7, 11) is 0. The molecule has 0 aliphatic heterocycles. The normalized spacial score (nSPS) is 13.5. The van der Waals surface area contributed by atoms with Crippen molar-refractivity contribution in [2.45, 2.75) is 45.2 Å². The second-order valence-corrected chi connectivity index (χ2v) is 6.56. The van der Waals surface area contributed by atoms with Gasteiger partial charge in [-0.1, -0.05) is 49.4 Å². The quantitative estimate of drug-likeness (QED) is 0.838. The van der Waals surface area contributed by atoms with E-state index in [1.807, 2.05) is 4.90 Å². The number of carbonyl (C=O) groups excluding carboxylic acids is 1. The Kier molecular flexibility index (Phi) is 5.17. The number of hydrogen-bond donors (Lipinski definition) is 1. The van der Waals surface area contributed by atoms with Crippen LogP contribution in [0.3, 0.4) is 0 Å². The number of aromatic carboxylic acids is 1. The van der Waals surface area contributed by atoms with Gasteiger partial charge < -0.3 is 10.0 Å². The molecule has 0 radical (unpaired) electrons. The summed E-state index contributed by atoms with van der Waals surface area (Å²) in [5.41, 5.74) is 3.18. The topological polar surface area (TPSA) is 57.6 Å². The number of carboxylic acids is 1. The monoisotopic (exact) mass is 337 g/mol. The lowest BCUT2D eigenvalue weighted by molar-refractivity contribution is -0.131. The molecule has 4 nitrogen and oxygen atoms in total. The van der Waals surface area contributed by atoms with E-state index in [1.165, 1.54) is 5.56 Å². The smallest absolute Gasteiger partial charge is 0.335 e. The van der Waals surface area contributed by atoms with Crippen molar-refractivity contribution in [1.29, 1.82) is 0 Å². The molecule has 0 atom stereocenters. The molecule has 3 rings (SSSR count). The van der Waals surface area contributed by atoms with Gasteiger partial charge in [0.25, 0.3) is 0 Å². The zero-order valence-electron chi connectivity index (χ0n) is 14.4. The molecule has 0 aromatic heterocycles. The molecule has 1 amide bonds. The average molecular weight is 337 g/mol. The Labute approximate surface area is 148 Å². The number of nitrogens with zero attached hydrogens (tertiary/aromatic N) is 1. The molecule has 1 N–H and O–H groups in total. The highest BCUT2D eigenvalue weighted by atomic mass is 16.4. The summed E-state index contributed by atoms with van der Waals surface area (Å²) < 4.78 is 0. The Morgan fingerprint density at radius 2 is 1.68 bits per heavy atom. The molecule has 1 fully saturated rings. The molecular formula is C21H23NO3. The minimum Gasteiger partial charge on any atom is -0.478 e. The van der Waals surface area contributed by atoms with Crippen molar-refractivity contribution in [2.24, 2.45) is 0 Å². The molecule has 0 saturated heterocycles. The molecular weight excluding hydrogens is 314 g/mol. The first-order valence-corrected chi connectivity index (χ1v) is 8.77. The third kappa shape index (κ3) is 4.27. The van der Waals surface area contributed by atoms with Gasteiger partial charge in [-0.15, -0.1) is 0 Å². The number of amides is 1. The van der Waals surface area contributed by atoms with Gasteiger partial charge in [-0.25, -0.2) is 4.79 Å². The number of carboxylic acid groups (broad SMARTS) is 1. The fraction of sp³-hybridized carbons (Fsp3) is 0.333. The Morgan fingerprint density at radius 3 is 2.28 bits per heavy atom. The van der Waals surface area contributed by atoms with Crippen molar-refractivity contribution in [3.8, 4) is 0 Å². The standard InChI is InChI=1S/C21H23NO3/c1-2-15-7-9-16(10-8-15)14-22(18-11-12-18)20(23)13-17-5-3-4-6-19(17)21(24)25/h3-10,18H,2,11-14H2,1H3,(H,24,25). The van der Waals surface area contributed by atoms with Crippen molar-refractivity contribution in [1.82, 2.24) is 4.90 Å². The van der Waals surface area contributed by atoms with E-state index in [1.54, 1.807) is 24.3 Å². The minimum atomic E-state index is -0.989. The molecule has 0 unspecified atom stereocenters. The molecule has 1 aliphatic carbocycles. The molecule has 0 bridgehead atoms. The van der Waals surface area contributed by atoms with Crippen LogP contribution in [0.15, 0.2) is 48.5 Å². The molecule has 2 aromatic rings. The zero-order valence-corrected chi connectivity index (χ0v) is 14.4. The predicted molar refractivity (Wildman–Crippen MR) is 96.5 cm³/mol. The highest BCUT2D eigenvalue weighted by Crippen LogP contribution is 2.29. The lowest BCUT2D eigenvalue weighted by atomic mass is 10.0. The maximum Gasteiger partial charge on any atom is 0.335 e. The summed E-state index contributed by atoms with van der Waals surface area (Å²) >= 11 is 0. The van der Waals surface area contributed by atoms with Gasteiger partial charge in [-0.2, -0.15) is 0 Å². The van der Waals surface area contributed by atoms with Crippen LogP contribution in [0, 0.1) is 0 Å². The maximum absolute atomic E-state index is 12.8. The van der Waals surface area contributed by atoms with E-state index in [9.17, 15) is 14.7 Å². The van der Waals surface area contributed by atoms with Crippen LogP contribution in [0.5, 0.6) is 0 Å². The van der Waals surface area contributed by atoms with Gasteiger partial charge in [-0.05, 0) is 42.0 Å². The van der Waals surface area contributed by atoms with Gasteiger partial charge in [0.2, 0.25) is 5.91 Å². The molecule has 2 aromatic carbocycles. The van der Waals surface area contributed by atoms with Crippen molar-refractivity contribution in [3.63, 3.8) is 0 Å². The number of benzene rings is 2. The fourth-order valence-corrected chi connectivity index (χ4v) is 3.03. The summed E-state index contributed by atoms with van der Waals surface area (Å²) in [5.74, 6) is -0.993. The van der Waals surface area contributed by atoms with E-state index in [-0.39, 0.29) is 23.9 Å². The van der Waals surface area contributed by atoms with Crippen LogP contribution in [-0.4, -0.2) is 27.9 Å². The SMILES string of the molecule is CCc1ccc(CN(C(=O)Cc2ccccc2C(=O)O)C2CC2)cc1. The van der Waals surface area contributed by atoms with E-state index in [2.05, 4.69) is 31.2 Å². The third-order valence-electron chi connectivity index (χ3n) is 4.68.